The first-order chi connectivity index (χ1) is 26.1. The fourth-order valence-electron chi connectivity index (χ4n) is 8.39. The lowest BCUT2D eigenvalue weighted by Gasteiger charge is -2.45. The molecular formula is C39H44Cl2N8O5. The highest BCUT2D eigenvalue weighted by atomic mass is 35.5. The summed E-state index contributed by atoms with van der Waals surface area (Å²) in [5, 5.41) is 25.5. The predicted molar refractivity (Wildman–Crippen MR) is 203 cm³/mol. The summed E-state index contributed by atoms with van der Waals surface area (Å²) in [7, 11) is 1.55. The molecule has 0 aliphatic carbocycles. The first kappa shape index (κ1) is 37.6. The van der Waals surface area contributed by atoms with Crippen molar-refractivity contribution >= 4 is 41.1 Å². The molecule has 4 heterocycles. The Morgan fingerprint density at radius 2 is 1.72 bits per heavy atom. The second kappa shape index (κ2) is 15.9. The SMILES string of the molecule is COc1ccc(-n2cnnn2)cc1C(=O)N1CCC(CCN2CCC(NC(=O)N3CCCCC3C(=O)O)(c3ccccc3)CC2)(c2ccc(Cl)c(Cl)c2)C1. The van der Waals surface area contributed by atoms with Crippen LogP contribution in [0.25, 0.3) is 5.69 Å². The number of likely N-dealkylation sites (tertiary alicyclic amines) is 3. The number of carbonyl (C=O) groups is 3. The van der Waals surface area contributed by atoms with E-state index in [4.69, 9.17) is 27.9 Å². The number of amides is 3. The zero-order valence-electron chi connectivity index (χ0n) is 30.2. The molecule has 3 aliphatic rings. The van der Waals surface area contributed by atoms with Gasteiger partial charge in [-0.3, -0.25) is 4.79 Å². The standard InChI is InChI=1S/C39H44Cl2N8O5/c1-54-34-13-11-29(49-26-42-44-45-49)24-30(34)35(50)47-22-15-38(25-47,28-10-12-31(40)32(41)23-28)14-19-46-20-16-39(17-21-46,27-7-3-2-4-8-27)43-37(53)48-18-6-5-9-33(48)36(51)52/h2-4,7-8,10-13,23-24,26,33H,5-6,9,14-22,25H2,1H3,(H,43,53)(H,51,52). The summed E-state index contributed by atoms with van der Waals surface area (Å²) < 4.78 is 7.11. The number of benzene rings is 3. The number of carbonyl (C=O) groups excluding carboxylic acids is 2. The minimum absolute atomic E-state index is 0.149. The number of halogens is 2. The van der Waals surface area contributed by atoms with Crippen molar-refractivity contribution in [3.63, 3.8) is 0 Å². The molecule has 3 fully saturated rings. The van der Waals surface area contributed by atoms with E-state index in [9.17, 15) is 19.5 Å². The van der Waals surface area contributed by atoms with Crippen LogP contribution in [0.1, 0.15) is 66.4 Å². The molecule has 3 amide bonds. The maximum absolute atomic E-state index is 14.2. The van der Waals surface area contributed by atoms with Gasteiger partial charge in [0.15, 0.2) is 0 Å². The minimum atomic E-state index is -0.964. The molecule has 2 atom stereocenters. The molecular weight excluding hydrogens is 731 g/mol. The Labute approximate surface area is 324 Å². The van der Waals surface area contributed by atoms with Crippen molar-refractivity contribution in [2.75, 3.05) is 46.4 Å². The number of urea groups is 1. The second-order valence-corrected chi connectivity index (χ2v) is 15.4. The summed E-state index contributed by atoms with van der Waals surface area (Å²) in [6.45, 7) is 3.63. The molecule has 0 radical (unpaired) electrons. The molecule has 15 heteroatoms. The molecule has 4 aromatic rings. The van der Waals surface area contributed by atoms with Crippen molar-refractivity contribution < 1.29 is 24.2 Å². The van der Waals surface area contributed by atoms with E-state index in [-0.39, 0.29) is 11.9 Å². The maximum atomic E-state index is 14.2. The third-order valence-corrected chi connectivity index (χ3v) is 12.3. The number of nitrogens with one attached hydrogen (secondary N) is 1. The van der Waals surface area contributed by atoms with Gasteiger partial charge in [-0.1, -0.05) is 59.6 Å². The van der Waals surface area contributed by atoms with Crippen molar-refractivity contribution in [3.05, 3.63) is 99.8 Å². The number of hydrogen-bond acceptors (Lipinski definition) is 8. The zero-order chi connectivity index (χ0) is 37.9. The van der Waals surface area contributed by atoms with E-state index in [0.717, 1.165) is 56.4 Å². The van der Waals surface area contributed by atoms with Gasteiger partial charge in [0.05, 0.1) is 33.9 Å². The molecule has 0 bridgehead atoms. The largest absolute Gasteiger partial charge is 0.496 e. The zero-order valence-corrected chi connectivity index (χ0v) is 31.7. The van der Waals surface area contributed by atoms with Crippen LogP contribution < -0.4 is 10.1 Å². The minimum Gasteiger partial charge on any atom is -0.496 e. The third kappa shape index (κ3) is 7.62. The fraction of sp³-hybridized carbons (Fsp3) is 0.436. The van der Waals surface area contributed by atoms with Gasteiger partial charge in [0, 0.05) is 38.1 Å². The molecule has 284 valence electrons. The summed E-state index contributed by atoms with van der Waals surface area (Å²) in [5.74, 6) is -0.651. The van der Waals surface area contributed by atoms with E-state index in [1.165, 1.54) is 15.9 Å². The van der Waals surface area contributed by atoms with Crippen LogP contribution in [0.4, 0.5) is 4.79 Å². The normalized spacial score (nSPS) is 21.5. The number of piperidine rings is 2. The van der Waals surface area contributed by atoms with Gasteiger partial charge in [-0.05, 0) is 103 Å². The van der Waals surface area contributed by atoms with Gasteiger partial charge in [-0.15, -0.1) is 5.10 Å². The monoisotopic (exact) mass is 774 g/mol. The van der Waals surface area contributed by atoms with E-state index in [1.807, 2.05) is 53.4 Å². The number of nitrogens with zero attached hydrogens (tertiary/aromatic N) is 7. The first-order valence-electron chi connectivity index (χ1n) is 18.4. The first-order valence-corrected chi connectivity index (χ1v) is 19.1. The predicted octanol–water partition coefficient (Wildman–Crippen LogP) is 5.79. The third-order valence-electron chi connectivity index (χ3n) is 11.5. The lowest BCUT2D eigenvalue weighted by atomic mass is 9.76. The fourth-order valence-corrected chi connectivity index (χ4v) is 8.69. The molecule has 3 aromatic carbocycles. The van der Waals surface area contributed by atoms with Crippen molar-refractivity contribution in [3.8, 4) is 11.4 Å². The Morgan fingerprint density at radius 1 is 0.926 bits per heavy atom. The van der Waals surface area contributed by atoms with E-state index in [0.29, 0.717) is 65.9 Å². The van der Waals surface area contributed by atoms with E-state index < -0.39 is 23.0 Å². The molecule has 2 N–H and O–H groups in total. The molecule has 0 saturated carbocycles. The van der Waals surface area contributed by atoms with E-state index >= 15 is 0 Å². The summed E-state index contributed by atoms with van der Waals surface area (Å²) in [4.78, 5) is 45.8. The van der Waals surface area contributed by atoms with Crippen LogP contribution in [0, 0.1) is 0 Å². The van der Waals surface area contributed by atoms with Gasteiger partial charge in [-0.2, -0.15) is 0 Å². The van der Waals surface area contributed by atoms with Crippen LogP contribution in [0.15, 0.2) is 73.1 Å². The highest BCUT2D eigenvalue weighted by molar-refractivity contribution is 6.42. The number of carboxylic acid groups (broad SMARTS) is 1. The Balaban J connectivity index is 1.09. The lowest BCUT2D eigenvalue weighted by molar-refractivity contribution is -0.143. The van der Waals surface area contributed by atoms with E-state index in [2.05, 4.69) is 25.7 Å². The van der Waals surface area contributed by atoms with Gasteiger partial charge in [0.2, 0.25) is 0 Å². The lowest BCUT2D eigenvalue weighted by Crippen LogP contribution is -2.59. The van der Waals surface area contributed by atoms with Crippen molar-refractivity contribution in [2.45, 2.75) is 61.9 Å². The van der Waals surface area contributed by atoms with Crippen LogP contribution in [0.5, 0.6) is 5.75 Å². The molecule has 2 unspecified atom stereocenters. The maximum Gasteiger partial charge on any atom is 0.326 e. The average Bonchev–Trinajstić information content (AvgIpc) is 3.91. The molecule has 3 saturated heterocycles. The number of hydrogen-bond donors (Lipinski definition) is 2. The highest BCUT2D eigenvalue weighted by Gasteiger charge is 2.44. The number of aromatic nitrogens is 4. The summed E-state index contributed by atoms with van der Waals surface area (Å²) in [6.07, 6.45) is 6.32. The quantitative estimate of drug-likeness (QED) is 0.205. The van der Waals surface area contributed by atoms with Crippen LogP contribution in [0.2, 0.25) is 10.0 Å². The van der Waals surface area contributed by atoms with Crippen molar-refractivity contribution in [2.24, 2.45) is 0 Å². The van der Waals surface area contributed by atoms with Crippen LogP contribution in [0.3, 0.4) is 0 Å². The molecule has 3 aliphatic heterocycles. The number of methoxy groups -OCH3 is 1. The number of ether oxygens (including phenoxy) is 1. The van der Waals surface area contributed by atoms with Crippen molar-refractivity contribution in [1.82, 2.24) is 40.2 Å². The van der Waals surface area contributed by atoms with Crippen LogP contribution >= 0.6 is 23.2 Å². The molecule has 54 heavy (non-hydrogen) atoms. The number of aliphatic carboxylic acids is 1. The Kier molecular flexibility index (Phi) is 11.1. The second-order valence-electron chi connectivity index (χ2n) is 14.5. The molecule has 7 rings (SSSR count). The molecule has 0 spiro atoms. The van der Waals surface area contributed by atoms with Gasteiger partial charge in [0.25, 0.3) is 5.91 Å². The van der Waals surface area contributed by atoms with Gasteiger partial charge in [0.1, 0.15) is 18.1 Å². The summed E-state index contributed by atoms with van der Waals surface area (Å²) in [6, 6.07) is 19.9. The number of tetrazole rings is 1. The molecule has 1 aromatic heterocycles. The smallest absolute Gasteiger partial charge is 0.326 e. The van der Waals surface area contributed by atoms with Crippen molar-refractivity contribution in [1.29, 1.82) is 0 Å². The Bertz CT molecular complexity index is 1970. The van der Waals surface area contributed by atoms with Gasteiger partial charge >= 0.3 is 12.0 Å². The Morgan fingerprint density at radius 3 is 2.43 bits per heavy atom. The summed E-state index contributed by atoms with van der Waals surface area (Å²) in [5.41, 5.74) is 2.07. The molecule has 13 nitrogen and oxygen atoms in total. The summed E-state index contributed by atoms with van der Waals surface area (Å²) >= 11 is 13.0. The number of rotatable bonds is 10. The van der Waals surface area contributed by atoms with Crippen LogP contribution in [-0.2, 0) is 15.7 Å². The highest BCUT2D eigenvalue weighted by Crippen LogP contribution is 2.42. The van der Waals surface area contributed by atoms with Gasteiger partial charge in [-0.25, -0.2) is 14.3 Å². The Hall–Kier alpha value is -4.72. The number of carboxylic acids is 1. The van der Waals surface area contributed by atoms with E-state index in [1.54, 1.807) is 25.3 Å². The van der Waals surface area contributed by atoms with Gasteiger partial charge < -0.3 is 29.9 Å². The topological polar surface area (TPSA) is 146 Å². The average molecular weight is 776 g/mol. The van der Waals surface area contributed by atoms with Crippen LogP contribution in [-0.4, -0.2) is 110 Å².